The number of nitrogens with zero attached hydrogens (tertiary/aromatic N) is 2. The summed E-state index contributed by atoms with van der Waals surface area (Å²) in [5.74, 6) is 0.811. The van der Waals surface area contributed by atoms with Crippen LogP contribution in [0, 0.1) is 0 Å². The molecule has 2 aromatic rings. The minimum absolute atomic E-state index is 0.528. The highest BCUT2D eigenvalue weighted by molar-refractivity contribution is 9.10. The summed E-state index contributed by atoms with van der Waals surface area (Å²) in [5.41, 5.74) is 5.50. The van der Waals surface area contributed by atoms with Gasteiger partial charge < -0.3 is 5.73 Å². The third-order valence-corrected chi connectivity index (χ3v) is 4.07. The van der Waals surface area contributed by atoms with Crippen molar-refractivity contribution in [2.75, 3.05) is 5.73 Å². The van der Waals surface area contributed by atoms with Gasteiger partial charge in [0.2, 0.25) is 5.13 Å². The Labute approximate surface area is 104 Å². The largest absolute Gasteiger partial charge is 0.374 e. The highest BCUT2D eigenvalue weighted by Crippen LogP contribution is 2.26. The van der Waals surface area contributed by atoms with Gasteiger partial charge in [-0.3, -0.25) is 0 Å². The van der Waals surface area contributed by atoms with Crippen molar-refractivity contribution in [3.63, 3.8) is 0 Å². The molecule has 78 valence electrons. The van der Waals surface area contributed by atoms with Crippen molar-refractivity contribution in [2.45, 2.75) is 10.6 Å². The minimum Gasteiger partial charge on any atom is -0.374 e. The monoisotopic (exact) mass is 301 g/mol. The molecule has 0 aliphatic carbocycles. The Morgan fingerprint density at radius 2 is 2.27 bits per heavy atom. The fraction of sp³-hybridized carbons (Fsp3) is 0.111. The van der Waals surface area contributed by atoms with E-state index in [4.69, 9.17) is 5.73 Å². The van der Waals surface area contributed by atoms with Gasteiger partial charge in [-0.15, -0.1) is 22.0 Å². The lowest BCUT2D eigenvalue weighted by molar-refractivity contribution is 1.05. The molecule has 1 aromatic heterocycles. The molecule has 0 atom stereocenters. The lowest BCUT2D eigenvalue weighted by Crippen LogP contribution is -1.81. The molecule has 0 saturated heterocycles. The second kappa shape index (κ2) is 4.96. The van der Waals surface area contributed by atoms with Crippen LogP contribution in [0.25, 0.3) is 0 Å². The number of hydrogen-bond donors (Lipinski definition) is 1. The first-order valence-corrected chi connectivity index (χ1v) is 6.80. The predicted molar refractivity (Wildman–Crippen MR) is 68.0 cm³/mol. The molecule has 0 saturated carbocycles. The number of hydrogen-bond acceptors (Lipinski definition) is 5. The molecule has 6 heteroatoms. The Hall–Kier alpha value is -0.590. The molecule has 1 aromatic carbocycles. The first kappa shape index (κ1) is 10.9. The summed E-state index contributed by atoms with van der Waals surface area (Å²) in [6, 6.07) is 8.17. The quantitative estimate of drug-likeness (QED) is 0.885. The fourth-order valence-corrected chi connectivity index (χ4v) is 3.13. The van der Waals surface area contributed by atoms with Gasteiger partial charge in [0.05, 0.1) is 5.75 Å². The zero-order valence-corrected chi connectivity index (χ0v) is 10.9. The van der Waals surface area contributed by atoms with Crippen molar-refractivity contribution >= 4 is 44.2 Å². The van der Waals surface area contributed by atoms with Crippen molar-refractivity contribution in [1.29, 1.82) is 0 Å². The Balaban J connectivity index is 1.99. The van der Waals surface area contributed by atoms with Crippen LogP contribution >= 0.6 is 39.0 Å². The predicted octanol–water partition coefficient (Wildman–Crippen LogP) is 3.18. The molecule has 2 rings (SSSR count). The van der Waals surface area contributed by atoms with Crippen molar-refractivity contribution in [1.82, 2.24) is 10.2 Å². The molecule has 0 radical (unpaired) electrons. The van der Waals surface area contributed by atoms with E-state index < -0.39 is 0 Å². The molecule has 0 amide bonds. The van der Waals surface area contributed by atoms with Gasteiger partial charge in [-0.25, -0.2) is 0 Å². The van der Waals surface area contributed by atoms with Gasteiger partial charge in [0.1, 0.15) is 5.01 Å². The average Bonchev–Trinajstić information content (AvgIpc) is 2.62. The van der Waals surface area contributed by atoms with Crippen LogP contribution < -0.4 is 5.73 Å². The van der Waals surface area contributed by atoms with Crippen LogP contribution in [0.4, 0.5) is 5.13 Å². The summed E-state index contributed by atoms with van der Waals surface area (Å²) in [4.78, 5) is 1.21. The average molecular weight is 302 g/mol. The van der Waals surface area contributed by atoms with Crippen molar-refractivity contribution < 1.29 is 0 Å². The van der Waals surface area contributed by atoms with E-state index in [0.29, 0.717) is 5.13 Å². The molecule has 0 aliphatic rings. The standard InChI is InChI=1S/C9H8BrN3S2/c10-6-2-1-3-7(4-6)14-5-8-12-13-9(11)15-8/h1-4H,5H2,(H2,11,13). The summed E-state index contributed by atoms with van der Waals surface area (Å²) >= 11 is 6.59. The molecule has 0 fully saturated rings. The smallest absolute Gasteiger partial charge is 0.203 e. The molecule has 0 unspecified atom stereocenters. The summed E-state index contributed by atoms with van der Waals surface area (Å²) in [6.45, 7) is 0. The van der Waals surface area contributed by atoms with Crippen LogP contribution in [0.15, 0.2) is 33.6 Å². The van der Waals surface area contributed by atoms with E-state index in [-0.39, 0.29) is 0 Å². The van der Waals surface area contributed by atoms with Crippen LogP contribution in [0.3, 0.4) is 0 Å². The Bertz CT molecular complexity index is 458. The van der Waals surface area contributed by atoms with E-state index in [2.05, 4.69) is 38.3 Å². The van der Waals surface area contributed by atoms with E-state index >= 15 is 0 Å². The van der Waals surface area contributed by atoms with Crippen LogP contribution in [-0.4, -0.2) is 10.2 Å². The number of halogens is 1. The van der Waals surface area contributed by atoms with Gasteiger partial charge >= 0.3 is 0 Å². The molecule has 0 bridgehead atoms. The van der Waals surface area contributed by atoms with Crippen molar-refractivity contribution in [3.05, 3.63) is 33.7 Å². The topological polar surface area (TPSA) is 51.8 Å². The summed E-state index contributed by atoms with van der Waals surface area (Å²) in [6.07, 6.45) is 0. The molecule has 0 spiro atoms. The van der Waals surface area contributed by atoms with Gasteiger partial charge in [-0.2, -0.15) is 0 Å². The van der Waals surface area contributed by atoms with E-state index in [0.717, 1.165) is 15.2 Å². The second-order valence-electron chi connectivity index (χ2n) is 2.78. The van der Waals surface area contributed by atoms with E-state index in [1.54, 1.807) is 11.8 Å². The molecule has 15 heavy (non-hydrogen) atoms. The first-order chi connectivity index (χ1) is 7.24. The van der Waals surface area contributed by atoms with Crippen LogP contribution in [0.5, 0.6) is 0 Å². The zero-order chi connectivity index (χ0) is 10.7. The van der Waals surface area contributed by atoms with Gasteiger partial charge in [0.15, 0.2) is 0 Å². The maximum Gasteiger partial charge on any atom is 0.203 e. The minimum atomic E-state index is 0.528. The van der Waals surface area contributed by atoms with Crippen molar-refractivity contribution in [2.24, 2.45) is 0 Å². The van der Waals surface area contributed by atoms with E-state index in [9.17, 15) is 0 Å². The molecular formula is C9H8BrN3S2. The number of rotatable bonds is 3. The Morgan fingerprint density at radius 1 is 1.40 bits per heavy atom. The lowest BCUT2D eigenvalue weighted by Gasteiger charge is -1.98. The third-order valence-electron chi connectivity index (χ3n) is 1.64. The van der Waals surface area contributed by atoms with E-state index in [1.807, 2.05) is 12.1 Å². The normalized spacial score (nSPS) is 10.5. The van der Waals surface area contributed by atoms with Gasteiger partial charge in [-0.1, -0.05) is 33.3 Å². The van der Waals surface area contributed by atoms with Gasteiger partial charge in [-0.05, 0) is 18.2 Å². The number of thioether (sulfide) groups is 1. The van der Waals surface area contributed by atoms with Crippen LogP contribution in [-0.2, 0) is 5.75 Å². The van der Waals surface area contributed by atoms with Gasteiger partial charge in [0.25, 0.3) is 0 Å². The summed E-state index contributed by atoms with van der Waals surface area (Å²) < 4.78 is 1.09. The molecular weight excluding hydrogens is 294 g/mol. The number of nitrogens with two attached hydrogens (primary N) is 1. The fourth-order valence-electron chi connectivity index (χ4n) is 1.03. The maximum absolute atomic E-state index is 5.50. The number of benzene rings is 1. The van der Waals surface area contributed by atoms with Crippen LogP contribution in [0.1, 0.15) is 5.01 Å². The number of anilines is 1. The molecule has 2 N–H and O–H groups in total. The lowest BCUT2D eigenvalue weighted by atomic mass is 10.4. The Morgan fingerprint density at radius 3 is 2.93 bits per heavy atom. The summed E-state index contributed by atoms with van der Waals surface area (Å²) in [5, 5.41) is 9.22. The number of aromatic nitrogens is 2. The zero-order valence-electron chi connectivity index (χ0n) is 7.68. The summed E-state index contributed by atoms with van der Waals surface area (Å²) in [7, 11) is 0. The third kappa shape index (κ3) is 3.19. The Kier molecular flexibility index (Phi) is 3.61. The SMILES string of the molecule is Nc1nnc(CSc2cccc(Br)c2)s1. The maximum atomic E-state index is 5.50. The molecule has 0 aliphatic heterocycles. The van der Waals surface area contributed by atoms with E-state index in [1.165, 1.54) is 16.2 Å². The highest BCUT2D eigenvalue weighted by atomic mass is 79.9. The second-order valence-corrected chi connectivity index (χ2v) is 5.84. The van der Waals surface area contributed by atoms with Crippen molar-refractivity contribution in [3.8, 4) is 0 Å². The number of nitrogen functional groups attached to an aromatic ring is 1. The van der Waals surface area contributed by atoms with Crippen LogP contribution in [0.2, 0.25) is 0 Å². The molecule has 3 nitrogen and oxygen atoms in total. The first-order valence-electron chi connectivity index (χ1n) is 4.20. The van der Waals surface area contributed by atoms with Gasteiger partial charge in [0, 0.05) is 9.37 Å². The highest BCUT2D eigenvalue weighted by Gasteiger charge is 2.02. The molecule has 1 heterocycles.